The molecule has 1 N–H and O–H groups in total. The molecule has 152 valence electrons. The SMILES string of the molecule is C[C@H]1CCCCN1C(=O)CSc1nc2ccccc2c(=O)n1CCC[NH+](C)C. The van der Waals surface area contributed by atoms with Crippen LogP contribution in [-0.2, 0) is 11.3 Å². The van der Waals surface area contributed by atoms with Gasteiger partial charge in [0.25, 0.3) is 5.56 Å². The lowest BCUT2D eigenvalue weighted by Crippen LogP contribution is -3.05. The minimum absolute atomic E-state index is 0.0133. The Labute approximate surface area is 170 Å². The molecule has 1 atom stereocenters. The van der Waals surface area contributed by atoms with Gasteiger partial charge in [0.05, 0.1) is 37.3 Å². The second-order valence-electron chi connectivity index (χ2n) is 7.90. The molecule has 1 saturated heterocycles. The fraction of sp³-hybridized carbons (Fsp3) is 0.571. The Bertz CT molecular complexity index is 880. The van der Waals surface area contributed by atoms with Gasteiger partial charge in [-0.25, -0.2) is 4.98 Å². The number of amides is 1. The molecule has 2 aromatic rings. The number of aromatic nitrogens is 2. The van der Waals surface area contributed by atoms with Gasteiger partial charge in [-0.3, -0.25) is 14.2 Å². The smallest absolute Gasteiger partial charge is 0.262 e. The van der Waals surface area contributed by atoms with E-state index in [1.165, 1.54) is 23.1 Å². The second kappa shape index (κ2) is 9.56. The van der Waals surface area contributed by atoms with E-state index in [1.54, 1.807) is 4.57 Å². The van der Waals surface area contributed by atoms with Gasteiger partial charge in [0.15, 0.2) is 5.16 Å². The van der Waals surface area contributed by atoms with Crippen molar-refractivity contribution < 1.29 is 9.69 Å². The van der Waals surface area contributed by atoms with Crippen molar-refractivity contribution in [2.45, 2.75) is 50.4 Å². The van der Waals surface area contributed by atoms with E-state index in [-0.39, 0.29) is 11.5 Å². The molecule has 0 aliphatic carbocycles. The van der Waals surface area contributed by atoms with Crippen molar-refractivity contribution in [3.63, 3.8) is 0 Å². The maximum absolute atomic E-state index is 13.0. The number of hydrogen-bond acceptors (Lipinski definition) is 4. The molecule has 2 heterocycles. The van der Waals surface area contributed by atoms with E-state index >= 15 is 0 Å². The average Bonchev–Trinajstić information content (AvgIpc) is 2.68. The number of para-hydroxylation sites is 1. The second-order valence-corrected chi connectivity index (χ2v) is 8.84. The van der Waals surface area contributed by atoms with Gasteiger partial charge in [-0.1, -0.05) is 23.9 Å². The molecule has 6 nitrogen and oxygen atoms in total. The van der Waals surface area contributed by atoms with E-state index in [9.17, 15) is 9.59 Å². The highest BCUT2D eigenvalue weighted by molar-refractivity contribution is 7.99. The van der Waals surface area contributed by atoms with Crippen LogP contribution in [0.4, 0.5) is 0 Å². The Balaban J connectivity index is 1.81. The Morgan fingerprint density at radius 1 is 1.29 bits per heavy atom. The van der Waals surface area contributed by atoms with E-state index < -0.39 is 0 Å². The summed E-state index contributed by atoms with van der Waals surface area (Å²) in [7, 11) is 4.21. The topological polar surface area (TPSA) is 59.6 Å². The fourth-order valence-corrected chi connectivity index (χ4v) is 4.63. The standard InChI is InChI=1S/C21H30N4O2S/c1-16-9-6-7-13-24(16)19(26)15-28-21-22-18-11-5-4-10-17(18)20(27)25(21)14-8-12-23(2)3/h4-5,10-11,16H,6-9,12-15H2,1-3H3/p+1/t16-/m0/s1. The number of nitrogens with one attached hydrogen (secondary N) is 1. The molecule has 1 aliphatic rings. The minimum atomic E-state index is -0.0133. The van der Waals surface area contributed by atoms with Gasteiger partial charge in [-0.05, 0) is 38.3 Å². The van der Waals surface area contributed by atoms with Gasteiger partial charge in [0, 0.05) is 25.6 Å². The van der Waals surface area contributed by atoms with E-state index in [1.807, 2.05) is 29.2 Å². The van der Waals surface area contributed by atoms with Gasteiger partial charge in [0.1, 0.15) is 0 Å². The first kappa shape index (κ1) is 20.9. The number of carbonyl (C=O) groups is 1. The molecule has 0 saturated carbocycles. The first-order valence-electron chi connectivity index (χ1n) is 10.2. The summed E-state index contributed by atoms with van der Waals surface area (Å²) in [5, 5.41) is 1.29. The number of quaternary nitrogens is 1. The van der Waals surface area contributed by atoms with Crippen LogP contribution in [0.15, 0.2) is 34.2 Å². The largest absolute Gasteiger partial charge is 0.340 e. The Kier molecular flexibility index (Phi) is 7.13. The fourth-order valence-electron chi connectivity index (χ4n) is 3.72. The summed E-state index contributed by atoms with van der Waals surface area (Å²) in [6.07, 6.45) is 4.24. The molecule has 1 aromatic carbocycles. The highest BCUT2D eigenvalue weighted by atomic mass is 32.2. The van der Waals surface area contributed by atoms with Crippen LogP contribution < -0.4 is 10.5 Å². The molecule has 7 heteroatoms. The zero-order chi connectivity index (χ0) is 20.1. The summed E-state index contributed by atoms with van der Waals surface area (Å²) >= 11 is 1.39. The molecule has 0 bridgehead atoms. The molecule has 0 unspecified atom stereocenters. The number of likely N-dealkylation sites (tertiary alicyclic amines) is 1. The van der Waals surface area contributed by atoms with Crippen LogP contribution in [-0.4, -0.2) is 59.3 Å². The van der Waals surface area contributed by atoms with Crippen molar-refractivity contribution in [1.82, 2.24) is 14.5 Å². The first-order chi connectivity index (χ1) is 13.5. The van der Waals surface area contributed by atoms with Crippen molar-refractivity contribution in [2.75, 3.05) is 32.9 Å². The zero-order valence-electron chi connectivity index (χ0n) is 17.1. The highest BCUT2D eigenvalue weighted by Gasteiger charge is 2.23. The predicted octanol–water partition coefficient (Wildman–Crippen LogP) is 1.42. The highest BCUT2D eigenvalue weighted by Crippen LogP contribution is 2.21. The maximum Gasteiger partial charge on any atom is 0.262 e. The van der Waals surface area contributed by atoms with Crippen LogP contribution >= 0.6 is 11.8 Å². The molecule has 28 heavy (non-hydrogen) atoms. The Hall–Kier alpha value is -1.86. The van der Waals surface area contributed by atoms with E-state index in [2.05, 4.69) is 21.0 Å². The predicted molar refractivity (Wildman–Crippen MR) is 114 cm³/mol. The van der Waals surface area contributed by atoms with Gasteiger partial charge in [0.2, 0.25) is 5.91 Å². The van der Waals surface area contributed by atoms with Gasteiger partial charge in [-0.15, -0.1) is 0 Å². The van der Waals surface area contributed by atoms with Crippen LogP contribution in [0, 0.1) is 0 Å². The third-order valence-electron chi connectivity index (χ3n) is 5.33. The van der Waals surface area contributed by atoms with Crippen molar-refractivity contribution in [3.8, 4) is 0 Å². The summed E-state index contributed by atoms with van der Waals surface area (Å²) < 4.78 is 1.75. The maximum atomic E-state index is 13.0. The molecule has 3 rings (SSSR count). The number of fused-ring (bicyclic) bond motifs is 1. The molecule has 1 fully saturated rings. The number of carbonyl (C=O) groups excluding carboxylic acids is 1. The third kappa shape index (κ3) is 4.94. The molecule has 0 radical (unpaired) electrons. The molecule has 1 amide bonds. The van der Waals surface area contributed by atoms with Crippen LogP contribution in [0.2, 0.25) is 0 Å². The van der Waals surface area contributed by atoms with Crippen molar-refractivity contribution in [1.29, 1.82) is 0 Å². The van der Waals surface area contributed by atoms with E-state index in [4.69, 9.17) is 4.98 Å². The number of thioether (sulfide) groups is 1. The third-order valence-corrected chi connectivity index (χ3v) is 6.29. The number of rotatable bonds is 7. The molecular weight excluding hydrogens is 372 g/mol. The number of nitrogens with zero attached hydrogens (tertiary/aromatic N) is 3. The summed E-state index contributed by atoms with van der Waals surface area (Å²) in [6, 6.07) is 7.76. The van der Waals surface area contributed by atoms with E-state index in [0.717, 1.165) is 32.4 Å². The summed E-state index contributed by atoms with van der Waals surface area (Å²) in [5.41, 5.74) is 0.684. The van der Waals surface area contributed by atoms with Crippen LogP contribution in [0.3, 0.4) is 0 Å². The van der Waals surface area contributed by atoms with E-state index in [0.29, 0.717) is 34.4 Å². The zero-order valence-corrected chi connectivity index (χ0v) is 17.9. The monoisotopic (exact) mass is 403 g/mol. The normalized spacial score (nSPS) is 17.4. The van der Waals surface area contributed by atoms with Gasteiger partial charge in [-0.2, -0.15) is 0 Å². The average molecular weight is 404 g/mol. The molecule has 1 aliphatic heterocycles. The lowest BCUT2D eigenvalue weighted by molar-refractivity contribution is -0.858. The van der Waals surface area contributed by atoms with Crippen molar-refractivity contribution in [2.24, 2.45) is 0 Å². The lowest BCUT2D eigenvalue weighted by Gasteiger charge is -2.33. The van der Waals surface area contributed by atoms with Crippen LogP contribution in [0.1, 0.15) is 32.6 Å². The quantitative estimate of drug-likeness (QED) is 0.561. The summed E-state index contributed by atoms with van der Waals surface area (Å²) in [5.74, 6) is 0.470. The summed E-state index contributed by atoms with van der Waals surface area (Å²) in [4.78, 5) is 33.8. The minimum Gasteiger partial charge on any atom is -0.340 e. The number of hydrogen-bond donors (Lipinski definition) is 1. The lowest BCUT2D eigenvalue weighted by atomic mass is 10.0. The Morgan fingerprint density at radius 2 is 2.07 bits per heavy atom. The number of benzene rings is 1. The Morgan fingerprint density at radius 3 is 2.82 bits per heavy atom. The molecule has 1 aromatic heterocycles. The molecular formula is C21H31N4O2S+. The van der Waals surface area contributed by atoms with Crippen LogP contribution in [0.25, 0.3) is 10.9 Å². The summed E-state index contributed by atoms with van der Waals surface area (Å²) in [6.45, 7) is 4.56. The first-order valence-corrected chi connectivity index (χ1v) is 11.2. The van der Waals surface area contributed by atoms with Crippen LogP contribution in [0.5, 0.6) is 0 Å². The van der Waals surface area contributed by atoms with Gasteiger partial charge < -0.3 is 9.80 Å². The van der Waals surface area contributed by atoms with Gasteiger partial charge >= 0.3 is 0 Å². The number of piperidine rings is 1. The molecule has 0 spiro atoms. The van der Waals surface area contributed by atoms with Crippen molar-refractivity contribution >= 4 is 28.6 Å². The van der Waals surface area contributed by atoms with Crippen molar-refractivity contribution in [3.05, 3.63) is 34.6 Å².